The monoisotopic (exact) mass is 291 g/mol. The zero-order valence-electron chi connectivity index (χ0n) is 12.6. The van der Waals surface area contributed by atoms with Gasteiger partial charge in [-0.3, -0.25) is 0 Å². The summed E-state index contributed by atoms with van der Waals surface area (Å²) in [4.78, 5) is 0. The van der Waals surface area contributed by atoms with E-state index in [-0.39, 0.29) is 6.04 Å². The van der Waals surface area contributed by atoms with Crippen LogP contribution in [0.1, 0.15) is 28.3 Å². The molecule has 0 saturated heterocycles. The van der Waals surface area contributed by atoms with Gasteiger partial charge in [-0.2, -0.15) is 0 Å². The second-order valence-corrected chi connectivity index (χ2v) is 5.07. The maximum Gasteiger partial charge on any atom is 0.131 e. The Morgan fingerprint density at radius 2 is 1.67 bits per heavy atom. The van der Waals surface area contributed by atoms with Gasteiger partial charge in [0.1, 0.15) is 17.4 Å². The Hall–Kier alpha value is -1.94. The second kappa shape index (κ2) is 6.22. The lowest BCUT2D eigenvalue weighted by atomic mass is 9.93. The third kappa shape index (κ3) is 3.05. The van der Waals surface area contributed by atoms with Gasteiger partial charge in [0.05, 0.1) is 13.2 Å². The molecular formula is C17H19F2NO. The molecule has 112 valence electrons. The number of methoxy groups -OCH3 is 1. The molecule has 1 N–H and O–H groups in total. The van der Waals surface area contributed by atoms with E-state index in [2.05, 4.69) is 5.32 Å². The van der Waals surface area contributed by atoms with E-state index >= 15 is 0 Å². The molecule has 4 heteroatoms. The van der Waals surface area contributed by atoms with Gasteiger partial charge in [-0.15, -0.1) is 0 Å². The molecule has 0 amide bonds. The minimum Gasteiger partial charge on any atom is -0.497 e. The van der Waals surface area contributed by atoms with Crippen LogP contribution in [-0.2, 0) is 0 Å². The third-order valence-corrected chi connectivity index (χ3v) is 3.67. The summed E-state index contributed by atoms with van der Waals surface area (Å²) in [7, 11) is 3.36. The molecule has 0 aromatic heterocycles. The zero-order chi connectivity index (χ0) is 15.6. The second-order valence-electron chi connectivity index (χ2n) is 5.07. The van der Waals surface area contributed by atoms with Gasteiger partial charge in [0.2, 0.25) is 0 Å². The van der Waals surface area contributed by atoms with Gasteiger partial charge < -0.3 is 10.1 Å². The zero-order valence-corrected chi connectivity index (χ0v) is 12.6. The molecule has 1 unspecified atom stereocenters. The fourth-order valence-corrected chi connectivity index (χ4v) is 2.48. The molecule has 21 heavy (non-hydrogen) atoms. The normalized spacial score (nSPS) is 12.3. The largest absolute Gasteiger partial charge is 0.497 e. The Morgan fingerprint density at radius 3 is 2.24 bits per heavy atom. The van der Waals surface area contributed by atoms with E-state index in [0.29, 0.717) is 11.1 Å². The van der Waals surface area contributed by atoms with Gasteiger partial charge in [-0.05, 0) is 55.8 Å². The topological polar surface area (TPSA) is 21.3 Å². The minimum absolute atomic E-state index is 0.338. The fourth-order valence-electron chi connectivity index (χ4n) is 2.48. The predicted molar refractivity (Wildman–Crippen MR) is 79.7 cm³/mol. The lowest BCUT2D eigenvalue weighted by Gasteiger charge is -2.21. The quantitative estimate of drug-likeness (QED) is 0.922. The Balaban J connectivity index is 2.52. The van der Waals surface area contributed by atoms with Crippen molar-refractivity contribution in [2.75, 3.05) is 14.2 Å². The number of aryl methyl sites for hydroxylation is 2. The van der Waals surface area contributed by atoms with E-state index in [0.717, 1.165) is 22.9 Å². The standard InChI is InChI=1S/C17H19F2NO/c1-10-7-12(21-4)5-6-13(10)17(20-3)14-8-11(2)15(18)9-16(14)19/h5-9,17,20H,1-4H3. The summed E-state index contributed by atoms with van der Waals surface area (Å²) < 4.78 is 32.7. The molecule has 0 saturated carbocycles. The van der Waals surface area contributed by atoms with Crippen molar-refractivity contribution in [3.63, 3.8) is 0 Å². The van der Waals surface area contributed by atoms with Crippen LogP contribution in [0.2, 0.25) is 0 Å². The van der Waals surface area contributed by atoms with Crippen LogP contribution < -0.4 is 10.1 Å². The molecule has 2 rings (SSSR count). The molecule has 0 fully saturated rings. The van der Waals surface area contributed by atoms with Crippen molar-refractivity contribution in [3.8, 4) is 5.75 Å². The first-order valence-corrected chi connectivity index (χ1v) is 6.75. The number of rotatable bonds is 4. The van der Waals surface area contributed by atoms with Gasteiger partial charge in [-0.25, -0.2) is 8.78 Å². The van der Waals surface area contributed by atoms with E-state index < -0.39 is 11.6 Å². The van der Waals surface area contributed by atoms with Crippen LogP contribution in [0.5, 0.6) is 5.75 Å². The van der Waals surface area contributed by atoms with Gasteiger partial charge in [-0.1, -0.05) is 6.07 Å². The van der Waals surface area contributed by atoms with E-state index in [9.17, 15) is 8.78 Å². The molecule has 1 atom stereocenters. The predicted octanol–water partition coefficient (Wildman–Crippen LogP) is 3.90. The Morgan fingerprint density at radius 1 is 0.952 bits per heavy atom. The molecule has 2 aromatic carbocycles. The molecule has 0 aliphatic rings. The lowest BCUT2D eigenvalue weighted by Crippen LogP contribution is -2.20. The molecule has 0 bridgehead atoms. The Bertz CT molecular complexity index is 655. The highest BCUT2D eigenvalue weighted by Gasteiger charge is 2.19. The number of halogens is 2. The van der Waals surface area contributed by atoms with Crippen LogP contribution in [0.4, 0.5) is 8.78 Å². The molecule has 2 aromatic rings. The summed E-state index contributed by atoms with van der Waals surface area (Å²) in [6.45, 7) is 3.57. The lowest BCUT2D eigenvalue weighted by molar-refractivity contribution is 0.414. The summed E-state index contributed by atoms with van der Waals surface area (Å²) in [5.74, 6) is -0.327. The molecule has 0 aliphatic carbocycles. The Kier molecular flexibility index (Phi) is 4.58. The maximum atomic E-state index is 14.1. The van der Waals surface area contributed by atoms with Gasteiger partial charge in [0, 0.05) is 11.6 Å². The number of benzene rings is 2. The Labute approximate surface area is 123 Å². The average molecular weight is 291 g/mol. The molecule has 0 spiro atoms. The summed E-state index contributed by atoms with van der Waals surface area (Å²) in [5.41, 5.74) is 2.78. The SMILES string of the molecule is CNC(c1ccc(OC)cc1C)c1cc(C)c(F)cc1F. The number of nitrogens with one attached hydrogen (secondary N) is 1. The van der Waals surface area contributed by atoms with Crippen molar-refractivity contribution in [2.45, 2.75) is 19.9 Å². The van der Waals surface area contributed by atoms with Crippen LogP contribution >= 0.6 is 0 Å². The summed E-state index contributed by atoms with van der Waals surface area (Å²) in [6.07, 6.45) is 0. The fraction of sp³-hybridized carbons (Fsp3) is 0.294. The number of ether oxygens (including phenoxy) is 1. The van der Waals surface area contributed by atoms with Crippen LogP contribution in [0.25, 0.3) is 0 Å². The highest BCUT2D eigenvalue weighted by molar-refractivity contribution is 5.42. The van der Waals surface area contributed by atoms with Gasteiger partial charge >= 0.3 is 0 Å². The van der Waals surface area contributed by atoms with Gasteiger partial charge in [0.15, 0.2) is 0 Å². The van der Waals surface area contributed by atoms with Crippen molar-refractivity contribution in [2.24, 2.45) is 0 Å². The van der Waals surface area contributed by atoms with Crippen LogP contribution in [-0.4, -0.2) is 14.2 Å². The summed E-state index contributed by atoms with van der Waals surface area (Å²) in [5, 5.41) is 3.10. The minimum atomic E-state index is -0.548. The molecule has 0 heterocycles. The van der Waals surface area contributed by atoms with Crippen molar-refractivity contribution in [3.05, 3.63) is 64.2 Å². The van der Waals surface area contributed by atoms with Crippen molar-refractivity contribution in [1.82, 2.24) is 5.32 Å². The van der Waals surface area contributed by atoms with Crippen LogP contribution in [0.15, 0.2) is 30.3 Å². The maximum absolute atomic E-state index is 14.1. The van der Waals surface area contributed by atoms with Gasteiger partial charge in [0.25, 0.3) is 0 Å². The van der Waals surface area contributed by atoms with E-state index in [1.54, 1.807) is 27.1 Å². The van der Waals surface area contributed by atoms with Crippen LogP contribution in [0, 0.1) is 25.5 Å². The summed E-state index contributed by atoms with van der Waals surface area (Å²) in [6, 6.07) is 7.78. The molecule has 0 aliphatic heterocycles. The molecule has 0 radical (unpaired) electrons. The first-order chi connectivity index (χ1) is 9.97. The van der Waals surface area contributed by atoms with Crippen molar-refractivity contribution >= 4 is 0 Å². The van der Waals surface area contributed by atoms with E-state index in [1.165, 1.54) is 0 Å². The highest BCUT2D eigenvalue weighted by Crippen LogP contribution is 2.30. The third-order valence-electron chi connectivity index (χ3n) is 3.67. The number of hydrogen-bond donors (Lipinski definition) is 1. The summed E-state index contributed by atoms with van der Waals surface area (Å²) >= 11 is 0. The van der Waals surface area contributed by atoms with E-state index in [1.807, 2.05) is 25.1 Å². The first-order valence-electron chi connectivity index (χ1n) is 6.75. The average Bonchev–Trinajstić information content (AvgIpc) is 2.46. The first kappa shape index (κ1) is 15.4. The number of hydrogen-bond acceptors (Lipinski definition) is 2. The van der Waals surface area contributed by atoms with E-state index in [4.69, 9.17) is 4.74 Å². The van der Waals surface area contributed by atoms with Crippen molar-refractivity contribution < 1.29 is 13.5 Å². The smallest absolute Gasteiger partial charge is 0.131 e. The van der Waals surface area contributed by atoms with Crippen molar-refractivity contribution in [1.29, 1.82) is 0 Å². The molecular weight excluding hydrogens is 272 g/mol. The van der Waals surface area contributed by atoms with Crippen LogP contribution in [0.3, 0.4) is 0 Å². The molecule has 2 nitrogen and oxygen atoms in total. The highest BCUT2D eigenvalue weighted by atomic mass is 19.1.